The first-order chi connectivity index (χ1) is 13.1. The number of carboxylic acid groups (broad SMARTS) is 1. The molecule has 0 aromatic heterocycles. The molecule has 0 atom stereocenters. The van der Waals surface area contributed by atoms with Gasteiger partial charge in [-0.1, -0.05) is 30.3 Å². The monoisotopic (exact) mass is 373 g/mol. The standard InChI is InChI=1S/C21H31N3O3/c25-20(26)16-23-12-9-19(10-13-23)24-14-7-18(8-15-24)21(27)22-11-6-17-4-2-1-3-5-17/h1-5,18-19H,6-16H2,(H,22,27)(H,25,26). The highest BCUT2D eigenvalue weighted by Crippen LogP contribution is 2.24. The molecule has 1 amide bonds. The summed E-state index contributed by atoms with van der Waals surface area (Å²) in [4.78, 5) is 27.8. The Bertz CT molecular complexity index is 606. The third-order valence-corrected chi connectivity index (χ3v) is 5.89. The van der Waals surface area contributed by atoms with Gasteiger partial charge >= 0.3 is 5.97 Å². The lowest BCUT2D eigenvalue weighted by atomic mass is 9.92. The van der Waals surface area contributed by atoms with Gasteiger partial charge in [-0.2, -0.15) is 0 Å². The molecule has 0 radical (unpaired) electrons. The van der Waals surface area contributed by atoms with Gasteiger partial charge in [0.1, 0.15) is 0 Å². The van der Waals surface area contributed by atoms with Crippen molar-refractivity contribution >= 4 is 11.9 Å². The molecule has 27 heavy (non-hydrogen) atoms. The van der Waals surface area contributed by atoms with Crippen molar-refractivity contribution in [1.29, 1.82) is 0 Å². The summed E-state index contributed by atoms with van der Waals surface area (Å²) < 4.78 is 0. The number of hydrogen-bond acceptors (Lipinski definition) is 4. The molecule has 2 N–H and O–H groups in total. The van der Waals surface area contributed by atoms with Crippen LogP contribution in [0.15, 0.2) is 30.3 Å². The molecular formula is C21H31N3O3. The van der Waals surface area contributed by atoms with E-state index in [1.54, 1.807) is 0 Å². The van der Waals surface area contributed by atoms with Crippen molar-refractivity contribution in [2.45, 2.75) is 38.1 Å². The lowest BCUT2D eigenvalue weighted by Gasteiger charge is -2.41. The fraction of sp³-hybridized carbons (Fsp3) is 0.619. The van der Waals surface area contributed by atoms with E-state index in [-0.39, 0.29) is 18.4 Å². The Kier molecular flexibility index (Phi) is 7.24. The molecule has 2 saturated heterocycles. The number of carbonyl (C=O) groups excluding carboxylic acids is 1. The van der Waals surface area contributed by atoms with E-state index in [2.05, 4.69) is 22.3 Å². The molecule has 0 aliphatic carbocycles. The maximum absolute atomic E-state index is 12.4. The number of hydrogen-bond donors (Lipinski definition) is 2. The van der Waals surface area contributed by atoms with E-state index in [4.69, 9.17) is 5.11 Å². The van der Waals surface area contributed by atoms with Crippen LogP contribution in [0.4, 0.5) is 0 Å². The predicted octanol–water partition coefficient (Wildman–Crippen LogP) is 1.61. The van der Waals surface area contributed by atoms with Gasteiger partial charge in [0.15, 0.2) is 0 Å². The number of nitrogens with zero attached hydrogens (tertiary/aromatic N) is 2. The van der Waals surface area contributed by atoms with Crippen molar-refractivity contribution in [2.24, 2.45) is 5.92 Å². The fourth-order valence-corrected chi connectivity index (χ4v) is 4.28. The highest BCUT2D eigenvalue weighted by atomic mass is 16.4. The highest BCUT2D eigenvalue weighted by molar-refractivity contribution is 5.78. The summed E-state index contributed by atoms with van der Waals surface area (Å²) in [6.07, 6.45) is 4.78. The maximum atomic E-state index is 12.4. The van der Waals surface area contributed by atoms with Crippen LogP contribution in [0, 0.1) is 5.92 Å². The molecule has 6 nitrogen and oxygen atoms in total. The molecule has 2 aliphatic heterocycles. The van der Waals surface area contributed by atoms with Crippen LogP contribution in [0.3, 0.4) is 0 Å². The van der Waals surface area contributed by atoms with Crippen molar-refractivity contribution in [3.8, 4) is 0 Å². The van der Waals surface area contributed by atoms with Crippen LogP contribution < -0.4 is 5.32 Å². The predicted molar refractivity (Wildman–Crippen MR) is 105 cm³/mol. The van der Waals surface area contributed by atoms with Crippen molar-refractivity contribution in [1.82, 2.24) is 15.1 Å². The molecule has 1 aromatic rings. The largest absolute Gasteiger partial charge is 0.480 e. The highest BCUT2D eigenvalue weighted by Gasteiger charge is 2.30. The lowest BCUT2D eigenvalue weighted by molar-refractivity contribution is -0.138. The zero-order valence-electron chi connectivity index (χ0n) is 16.0. The van der Waals surface area contributed by atoms with E-state index in [0.717, 1.165) is 58.3 Å². The summed E-state index contributed by atoms with van der Waals surface area (Å²) in [7, 11) is 0. The topological polar surface area (TPSA) is 72.9 Å². The summed E-state index contributed by atoms with van der Waals surface area (Å²) in [5.41, 5.74) is 1.25. The van der Waals surface area contributed by atoms with Crippen molar-refractivity contribution < 1.29 is 14.7 Å². The minimum absolute atomic E-state index is 0.129. The molecule has 2 fully saturated rings. The van der Waals surface area contributed by atoms with Crippen LogP contribution in [-0.2, 0) is 16.0 Å². The van der Waals surface area contributed by atoms with Gasteiger partial charge in [0, 0.05) is 31.6 Å². The summed E-state index contributed by atoms with van der Waals surface area (Å²) in [5.74, 6) is -0.418. The van der Waals surface area contributed by atoms with Crippen molar-refractivity contribution in [3.05, 3.63) is 35.9 Å². The molecule has 0 bridgehead atoms. The number of carbonyl (C=O) groups is 2. The molecule has 2 heterocycles. The second-order valence-electron chi connectivity index (χ2n) is 7.74. The minimum Gasteiger partial charge on any atom is -0.480 e. The van der Waals surface area contributed by atoms with E-state index < -0.39 is 5.97 Å². The third kappa shape index (κ3) is 6.04. The summed E-state index contributed by atoms with van der Waals surface area (Å²) in [6, 6.07) is 10.8. The number of rotatable bonds is 7. The Labute approximate surface area is 161 Å². The molecule has 2 aliphatic rings. The molecular weight excluding hydrogens is 342 g/mol. The van der Waals surface area contributed by atoms with Gasteiger partial charge in [-0.15, -0.1) is 0 Å². The Balaban J connectivity index is 1.34. The molecule has 0 unspecified atom stereocenters. The Hall–Kier alpha value is -1.92. The van der Waals surface area contributed by atoms with E-state index >= 15 is 0 Å². The van der Waals surface area contributed by atoms with E-state index in [0.29, 0.717) is 12.6 Å². The lowest BCUT2D eigenvalue weighted by Crippen LogP contribution is -2.49. The molecule has 3 rings (SSSR count). The maximum Gasteiger partial charge on any atom is 0.317 e. The van der Waals surface area contributed by atoms with Crippen LogP contribution in [0.2, 0.25) is 0 Å². The van der Waals surface area contributed by atoms with Crippen molar-refractivity contribution in [2.75, 3.05) is 39.3 Å². The van der Waals surface area contributed by atoms with Gasteiger partial charge in [-0.25, -0.2) is 0 Å². The molecule has 0 spiro atoms. The van der Waals surface area contributed by atoms with Crippen molar-refractivity contribution in [3.63, 3.8) is 0 Å². The third-order valence-electron chi connectivity index (χ3n) is 5.89. The van der Waals surface area contributed by atoms with E-state index in [9.17, 15) is 9.59 Å². The van der Waals surface area contributed by atoms with Gasteiger partial charge in [-0.05, 0) is 50.8 Å². The number of likely N-dealkylation sites (tertiary alicyclic amines) is 2. The number of carboxylic acids is 1. The average molecular weight is 373 g/mol. The molecule has 6 heteroatoms. The van der Waals surface area contributed by atoms with Gasteiger partial charge in [-0.3, -0.25) is 14.5 Å². The van der Waals surface area contributed by atoms with E-state index in [1.165, 1.54) is 5.56 Å². The Morgan fingerprint density at radius 1 is 1.00 bits per heavy atom. The number of aliphatic carboxylic acids is 1. The molecule has 0 saturated carbocycles. The zero-order chi connectivity index (χ0) is 19.1. The van der Waals surface area contributed by atoms with Crippen LogP contribution in [0.1, 0.15) is 31.2 Å². The number of amides is 1. The summed E-state index contributed by atoms with van der Waals surface area (Å²) in [6.45, 7) is 4.51. The first kappa shape index (κ1) is 19.8. The van der Waals surface area contributed by atoms with Crippen LogP contribution >= 0.6 is 0 Å². The van der Waals surface area contributed by atoms with Gasteiger partial charge < -0.3 is 15.3 Å². The summed E-state index contributed by atoms with van der Waals surface area (Å²) in [5, 5.41) is 12.0. The van der Waals surface area contributed by atoms with Gasteiger partial charge in [0.2, 0.25) is 5.91 Å². The minimum atomic E-state index is -0.743. The molecule has 148 valence electrons. The number of nitrogens with one attached hydrogen (secondary N) is 1. The second-order valence-corrected chi connectivity index (χ2v) is 7.74. The smallest absolute Gasteiger partial charge is 0.317 e. The Morgan fingerprint density at radius 3 is 2.30 bits per heavy atom. The van der Waals surface area contributed by atoms with Gasteiger partial charge in [0.25, 0.3) is 0 Å². The quantitative estimate of drug-likeness (QED) is 0.760. The summed E-state index contributed by atoms with van der Waals surface area (Å²) >= 11 is 0. The number of piperidine rings is 2. The first-order valence-corrected chi connectivity index (χ1v) is 10.1. The normalized spacial score (nSPS) is 20.4. The molecule has 1 aromatic carbocycles. The zero-order valence-corrected chi connectivity index (χ0v) is 16.0. The average Bonchev–Trinajstić information content (AvgIpc) is 2.69. The Morgan fingerprint density at radius 2 is 1.67 bits per heavy atom. The van der Waals surface area contributed by atoms with Crippen LogP contribution in [-0.4, -0.2) is 72.1 Å². The van der Waals surface area contributed by atoms with Crippen LogP contribution in [0.5, 0.6) is 0 Å². The second kappa shape index (κ2) is 9.85. The fourth-order valence-electron chi connectivity index (χ4n) is 4.28. The SMILES string of the molecule is O=C(O)CN1CCC(N2CCC(C(=O)NCCc3ccccc3)CC2)CC1. The van der Waals surface area contributed by atoms with Crippen LogP contribution in [0.25, 0.3) is 0 Å². The van der Waals surface area contributed by atoms with Gasteiger partial charge in [0.05, 0.1) is 6.54 Å². The first-order valence-electron chi connectivity index (χ1n) is 10.1. The van der Waals surface area contributed by atoms with E-state index in [1.807, 2.05) is 23.1 Å². The number of benzene rings is 1.